The molecular weight excluding hydrogens is 316 g/mol. The maximum Gasteiger partial charge on any atom is 0.321 e. The lowest BCUT2D eigenvalue weighted by Gasteiger charge is -2.09. The highest BCUT2D eigenvalue weighted by atomic mass is 16.5. The molecule has 3 aromatic rings. The van der Waals surface area contributed by atoms with Gasteiger partial charge in [0, 0.05) is 24.6 Å². The molecule has 0 radical (unpaired) electrons. The van der Waals surface area contributed by atoms with Crippen LogP contribution in [0, 0.1) is 6.92 Å². The predicted molar refractivity (Wildman–Crippen MR) is 95.6 cm³/mol. The van der Waals surface area contributed by atoms with Crippen LogP contribution in [-0.4, -0.2) is 16.0 Å². The normalized spacial score (nSPS) is 10.1. The third-order valence-electron chi connectivity index (χ3n) is 3.40. The molecule has 0 aliphatic rings. The molecule has 0 aliphatic carbocycles. The number of carbonyl (C=O) groups excluding carboxylic acids is 1. The Hall–Kier alpha value is -3.41. The summed E-state index contributed by atoms with van der Waals surface area (Å²) in [4.78, 5) is 20.0. The van der Waals surface area contributed by atoms with Gasteiger partial charge in [-0.15, -0.1) is 0 Å². The second-order valence-electron chi connectivity index (χ2n) is 5.45. The molecule has 1 heterocycles. The summed E-state index contributed by atoms with van der Waals surface area (Å²) in [6.45, 7) is 2.49. The van der Waals surface area contributed by atoms with Gasteiger partial charge in [-0.05, 0) is 42.8 Å². The third-order valence-corrected chi connectivity index (χ3v) is 3.40. The Kier molecular flexibility index (Phi) is 5.21. The van der Waals surface area contributed by atoms with Crippen molar-refractivity contribution in [1.82, 2.24) is 15.3 Å². The molecule has 0 fully saturated rings. The minimum atomic E-state index is -0.262. The van der Waals surface area contributed by atoms with E-state index in [1.54, 1.807) is 42.7 Å². The van der Waals surface area contributed by atoms with E-state index >= 15 is 0 Å². The first-order valence-corrected chi connectivity index (χ1v) is 7.84. The Bertz CT molecular complexity index is 836. The molecule has 2 N–H and O–H groups in total. The van der Waals surface area contributed by atoms with Crippen LogP contribution in [0.3, 0.4) is 0 Å². The standard InChI is InChI=1S/C19H18N4O2/c1-14-4-2-5-15(12-14)13-22-18(24)23-16-6-8-17(9-7-16)25-19-20-10-3-11-21-19/h2-12H,13H2,1H3,(H2,22,23,24). The monoisotopic (exact) mass is 334 g/mol. The van der Waals surface area contributed by atoms with Crippen LogP contribution >= 0.6 is 0 Å². The number of aryl methyl sites for hydroxylation is 1. The number of carbonyl (C=O) groups is 1. The minimum absolute atomic E-state index is 0.262. The second kappa shape index (κ2) is 7.92. The maximum atomic E-state index is 12.0. The van der Waals surface area contributed by atoms with Crippen molar-refractivity contribution in [2.24, 2.45) is 0 Å². The van der Waals surface area contributed by atoms with Gasteiger partial charge in [0.1, 0.15) is 5.75 Å². The number of nitrogens with zero attached hydrogens (tertiary/aromatic N) is 2. The molecule has 0 saturated heterocycles. The van der Waals surface area contributed by atoms with E-state index in [4.69, 9.17) is 4.74 Å². The van der Waals surface area contributed by atoms with Crippen molar-refractivity contribution in [1.29, 1.82) is 0 Å². The van der Waals surface area contributed by atoms with Gasteiger partial charge >= 0.3 is 12.0 Å². The highest BCUT2D eigenvalue weighted by Gasteiger charge is 2.03. The van der Waals surface area contributed by atoms with Gasteiger partial charge in [0.25, 0.3) is 0 Å². The van der Waals surface area contributed by atoms with Gasteiger partial charge < -0.3 is 15.4 Å². The summed E-state index contributed by atoms with van der Waals surface area (Å²) in [6.07, 6.45) is 3.22. The summed E-state index contributed by atoms with van der Waals surface area (Å²) >= 11 is 0. The van der Waals surface area contributed by atoms with E-state index in [1.165, 1.54) is 0 Å². The average molecular weight is 334 g/mol. The van der Waals surface area contributed by atoms with Gasteiger partial charge in [0.2, 0.25) is 0 Å². The minimum Gasteiger partial charge on any atom is -0.424 e. The zero-order chi connectivity index (χ0) is 17.5. The van der Waals surface area contributed by atoms with Crippen LogP contribution in [0.1, 0.15) is 11.1 Å². The number of aromatic nitrogens is 2. The van der Waals surface area contributed by atoms with Gasteiger partial charge in [0.05, 0.1) is 0 Å². The fourth-order valence-electron chi connectivity index (χ4n) is 2.23. The van der Waals surface area contributed by atoms with Crippen molar-refractivity contribution in [3.8, 4) is 11.8 Å². The van der Waals surface area contributed by atoms with E-state index < -0.39 is 0 Å². The molecule has 2 aromatic carbocycles. The summed E-state index contributed by atoms with van der Waals surface area (Å²) in [5, 5.41) is 5.61. The van der Waals surface area contributed by atoms with Crippen LogP contribution in [0.25, 0.3) is 0 Å². The summed E-state index contributed by atoms with van der Waals surface area (Å²) in [5.41, 5.74) is 2.89. The Morgan fingerprint density at radius 2 is 1.80 bits per heavy atom. The van der Waals surface area contributed by atoms with Crippen LogP contribution in [0.2, 0.25) is 0 Å². The molecule has 6 heteroatoms. The Morgan fingerprint density at radius 3 is 2.52 bits per heavy atom. The molecule has 0 aliphatic heterocycles. The molecule has 0 spiro atoms. The zero-order valence-corrected chi connectivity index (χ0v) is 13.8. The van der Waals surface area contributed by atoms with E-state index in [0.29, 0.717) is 18.0 Å². The lowest BCUT2D eigenvalue weighted by Crippen LogP contribution is -2.28. The van der Waals surface area contributed by atoms with Gasteiger partial charge in [-0.2, -0.15) is 0 Å². The largest absolute Gasteiger partial charge is 0.424 e. The number of hydrogen-bond donors (Lipinski definition) is 2. The van der Waals surface area contributed by atoms with Crippen LogP contribution in [0.5, 0.6) is 11.8 Å². The van der Waals surface area contributed by atoms with Gasteiger partial charge in [-0.25, -0.2) is 14.8 Å². The van der Waals surface area contributed by atoms with Gasteiger partial charge in [-0.1, -0.05) is 29.8 Å². The Balaban J connectivity index is 1.51. The van der Waals surface area contributed by atoms with Crippen molar-refractivity contribution in [3.63, 3.8) is 0 Å². The fraction of sp³-hybridized carbons (Fsp3) is 0.105. The topological polar surface area (TPSA) is 76.1 Å². The lowest BCUT2D eigenvalue weighted by molar-refractivity contribution is 0.251. The second-order valence-corrected chi connectivity index (χ2v) is 5.45. The van der Waals surface area contributed by atoms with E-state index in [9.17, 15) is 4.79 Å². The summed E-state index contributed by atoms with van der Waals surface area (Å²) < 4.78 is 5.50. The van der Waals surface area contributed by atoms with Gasteiger partial charge in [-0.3, -0.25) is 0 Å². The molecular formula is C19H18N4O2. The molecule has 0 bridgehead atoms. The number of ether oxygens (including phenoxy) is 1. The molecule has 0 unspecified atom stereocenters. The number of rotatable bonds is 5. The Labute approximate surface area is 145 Å². The highest BCUT2D eigenvalue weighted by Crippen LogP contribution is 2.19. The Morgan fingerprint density at radius 1 is 1.04 bits per heavy atom. The van der Waals surface area contributed by atoms with E-state index in [0.717, 1.165) is 11.1 Å². The SMILES string of the molecule is Cc1cccc(CNC(=O)Nc2ccc(Oc3ncccn3)cc2)c1. The van der Waals surface area contributed by atoms with Crippen molar-refractivity contribution in [2.75, 3.05) is 5.32 Å². The number of hydrogen-bond acceptors (Lipinski definition) is 4. The quantitative estimate of drug-likeness (QED) is 0.742. The number of anilines is 1. The van der Waals surface area contributed by atoms with E-state index in [-0.39, 0.29) is 12.0 Å². The molecule has 2 amide bonds. The van der Waals surface area contributed by atoms with Gasteiger partial charge in [0.15, 0.2) is 0 Å². The molecule has 1 aromatic heterocycles. The zero-order valence-electron chi connectivity index (χ0n) is 13.8. The first-order valence-electron chi connectivity index (χ1n) is 7.84. The van der Waals surface area contributed by atoms with Crippen LogP contribution < -0.4 is 15.4 Å². The summed E-state index contributed by atoms with van der Waals surface area (Å²) in [7, 11) is 0. The highest BCUT2D eigenvalue weighted by molar-refractivity contribution is 5.89. The smallest absolute Gasteiger partial charge is 0.321 e. The first-order chi connectivity index (χ1) is 12.2. The van der Waals surface area contributed by atoms with Crippen molar-refractivity contribution in [2.45, 2.75) is 13.5 Å². The fourth-order valence-corrected chi connectivity index (χ4v) is 2.23. The number of nitrogens with one attached hydrogen (secondary N) is 2. The summed E-state index contributed by atoms with van der Waals surface area (Å²) in [6, 6.07) is 16.7. The number of urea groups is 1. The molecule has 126 valence electrons. The van der Waals surface area contributed by atoms with Crippen LogP contribution in [0.15, 0.2) is 67.0 Å². The van der Waals surface area contributed by atoms with Crippen molar-refractivity contribution >= 4 is 11.7 Å². The van der Waals surface area contributed by atoms with Crippen LogP contribution in [0.4, 0.5) is 10.5 Å². The lowest BCUT2D eigenvalue weighted by atomic mass is 10.1. The summed E-state index contributed by atoms with van der Waals surface area (Å²) in [5.74, 6) is 0.594. The number of amides is 2. The molecule has 0 saturated carbocycles. The average Bonchev–Trinajstić information content (AvgIpc) is 2.63. The van der Waals surface area contributed by atoms with Crippen molar-refractivity contribution < 1.29 is 9.53 Å². The molecule has 25 heavy (non-hydrogen) atoms. The van der Waals surface area contributed by atoms with Crippen LogP contribution in [-0.2, 0) is 6.54 Å². The van der Waals surface area contributed by atoms with E-state index in [2.05, 4.69) is 20.6 Å². The van der Waals surface area contributed by atoms with Crippen molar-refractivity contribution in [3.05, 3.63) is 78.1 Å². The first kappa shape index (κ1) is 16.4. The predicted octanol–water partition coefficient (Wildman–Crippen LogP) is 3.90. The van der Waals surface area contributed by atoms with E-state index in [1.807, 2.05) is 31.2 Å². The molecule has 0 atom stereocenters. The molecule has 6 nitrogen and oxygen atoms in total. The molecule has 3 rings (SSSR count). The number of benzene rings is 2. The maximum absolute atomic E-state index is 12.0. The third kappa shape index (κ3) is 5.04.